The second kappa shape index (κ2) is 5.11. The molecular weight excluding hydrogens is 295 g/mol. The van der Waals surface area contributed by atoms with Crippen molar-refractivity contribution in [2.75, 3.05) is 18.4 Å². The smallest absolute Gasteiger partial charge is 0.133 e. The summed E-state index contributed by atoms with van der Waals surface area (Å²) in [6, 6.07) is 5.59. The van der Waals surface area contributed by atoms with E-state index >= 15 is 0 Å². The molecule has 0 spiro atoms. The molecule has 0 atom stereocenters. The highest BCUT2D eigenvalue weighted by Crippen LogP contribution is 2.28. The highest BCUT2D eigenvalue weighted by atomic mass is 35.5. The van der Waals surface area contributed by atoms with Gasteiger partial charge in [-0.3, -0.25) is 9.67 Å². The number of rotatable bonds is 1. The molecule has 20 heavy (non-hydrogen) atoms. The van der Waals surface area contributed by atoms with Crippen molar-refractivity contribution in [3.05, 3.63) is 45.1 Å². The third-order valence-electron chi connectivity index (χ3n) is 3.33. The van der Waals surface area contributed by atoms with E-state index in [4.69, 9.17) is 23.2 Å². The molecule has 1 aromatic heterocycles. The van der Waals surface area contributed by atoms with Gasteiger partial charge in [-0.25, -0.2) is 0 Å². The van der Waals surface area contributed by atoms with Gasteiger partial charge >= 0.3 is 0 Å². The fourth-order valence-corrected chi connectivity index (χ4v) is 2.74. The van der Waals surface area contributed by atoms with Gasteiger partial charge in [-0.15, -0.1) is 0 Å². The van der Waals surface area contributed by atoms with Crippen LogP contribution in [0.1, 0.15) is 16.8 Å². The molecule has 0 fully saturated rings. The lowest BCUT2D eigenvalue weighted by molar-refractivity contribution is 0.758. The Balaban J connectivity index is 2.19. The number of anilines is 1. The van der Waals surface area contributed by atoms with Crippen LogP contribution in [0.25, 0.3) is 0 Å². The first-order valence-corrected chi connectivity index (χ1v) is 7.11. The first kappa shape index (κ1) is 13.5. The van der Waals surface area contributed by atoms with E-state index < -0.39 is 0 Å². The van der Waals surface area contributed by atoms with Gasteiger partial charge in [0.25, 0.3) is 0 Å². The summed E-state index contributed by atoms with van der Waals surface area (Å²) in [5.74, 6) is 0.991. The normalized spacial score (nSPS) is 14.3. The van der Waals surface area contributed by atoms with E-state index in [0.29, 0.717) is 16.6 Å². The summed E-state index contributed by atoms with van der Waals surface area (Å²) in [6.45, 7) is 3.49. The number of aryl methyl sites for hydroxylation is 2. The maximum absolute atomic E-state index is 6.12. The molecular formula is C14H14Cl2N4. The molecule has 0 saturated heterocycles. The van der Waals surface area contributed by atoms with Crippen molar-refractivity contribution in [3.8, 4) is 0 Å². The summed E-state index contributed by atoms with van der Waals surface area (Å²) in [5.41, 5.74) is 3.85. The Labute approximate surface area is 127 Å². The standard InChI is InChI=1S/C14H14Cl2N4/c1-8-12-13(9-3-4-10(15)11(16)7-9)17-5-6-18-14(12)20(2)19-8/h3-4,7,18H,5-6H2,1-2H3. The second-order valence-corrected chi connectivity index (χ2v) is 5.53. The Morgan fingerprint density at radius 2 is 2.05 bits per heavy atom. The molecule has 2 aromatic rings. The number of nitrogens with one attached hydrogen (secondary N) is 1. The molecule has 3 rings (SSSR count). The number of benzene rings is 1. The number of aromatic nitrogens is 2. The lowest BCUT2D eigenvalue weighted by Gasteiger charge is -2.08. The Morgan fingerprint density at radius 1 is 1.25 bits per heavy atom. The average Bonchev–Trinajstić information content (AvgIpc) is 2.61. The molecule has 0 bridgehead atoms. The van der Waals surface area contributed by atoms with Crippen LogP contribution in [0.5, 0.6) is 0 Å². The van der Waals surface area contributed by atoms with E-state index in [0.717, 1.165) is 34.9 Å². The minimum atomic E-state index is 0.534. The quantitative estimate of drug-likeness (QED) is 0.878. The number of aliphatic imine (C=N–C) groups is 1. The zero-order valence-electron chi connectivity index (χ0n) is 11.2. The summed E-state index contributed by atoms with van der Waals surface area (Å²) in [7, 11) is 1.93. The van der Waals surface area contributed by atoms with Crippen molar-refractivity contribution in [1.29, 1.82) is 0 Å². The van der Waals surface area contributed by atoms with Gasteiger partial charge in [-0.05, 0) is 19.1 Å². The summed E-state index contributed by atoms with van der Waals surface area (Å²) in [5, 5.41) is 8.91. The highest BCUT2D eigenvalue weighted by Gasteiger charge is 2.22. The average molecular weight is 309 g/mol. The van der Waals surface area contributed by atoms with Gasteiger partial charge in [0.2, 0.25) is 0 Å². The van der Waals surface area contributed by atoms with Gasteiger partial charge in [0.05, 0.1) is 33.6 Å². The topological polar surface area (TPSA) is 42.2 Å². The van der Waals surface area contributed by atoms with Crippen molar-refractivity contribution < 1.29 is 0 Å². The zero-order valence-corrected chi connectivity index (χ0v) is 12.8. The first-order chi connectivity index (χ1) is 9.58. The lowest BCUT2D eigenvalue weighted by Crippen LogP contribution is -2.08. The van der Waals surface area contributed by atoms with Gasteiger partial charge in [0.15, 0.2) is 0 Å². The van der Waals surface area contributed by atoms with Crippen LogP contribution in [0.2, 0.25) is 10.0 Å². The van der Waals surface area contributed by atoms with Crippen molar-refractivity contribution in [3.63, 3.8) is 0 Å². The minimum absolute atomic E-state index is 0.534. The summed E-state index contributed by atoms with van der Waals surface area (Å²) >= 11 is 12.1. The van der Waals surface area contributed by atoms with Gasteiger partial charge in [0, 0.05) is 19.2 Å². The number of hydrogen-bond donors (Lipinski definition) is 1. The van der Waals surface area contributed by atoms with E-state index in [9.17, 15) is 0 Å². The molecule has 1 aromatic carbocycles. The van der Waals surface area contributed by atoms with E-state index in [1.807, 2.05) is 30.8 Å². The molecule has 4 nitrogen and oxygen atoms in total. The van der Waals surface area contributed by atoms with E-state index in [-0.39, 0.29) is 0 Å². The van der Waals surface area contributed by atoms with Crippen LogP contribution < -0.4 is 5.32 Å². The summed E-state index contributed by atoms with van der Waals surface area (Å²) < 4.78 is 1.85. The molecule has 0 unspecified atom stereocenters. The van der Waals surface area contributed by atoms with E-state index in [2.05, 4.69) is 15.4 Å². The summed E-state index contributed by atoms with van der Waals surface area (Å²) in [6.07, 6.45) is 0. The summed E-state index contributed by atoms with van der Waals surface area (Å²) in [4.78, 5) is 4.68. The third kappa shape index (κ3) is 2.19. The maximum atomic E-state index is 6.12. The van der Waals surface area contributed by atoms with Gasteiger partial charge < -0.3 is 5.32 Å². The third-order valence-corrected chi connectivity index (χ3v) is 4.07. The molecule has 0 amide bonds. The van der Waals surface area contributed by atoms with Crippen molar-refractivity contribution in [2.45, 2.75) is 6.92 Å². The highest BCUT2D eigenvalue weighted by molar-refractivity contribution is 6.42. The monoisotopic (exact) mass is 308 g/mol. The molecule has 0 radical (unpaired) electrons. The molecule has 1 N–H and O–H groups in total. The number of hydrogen-bond acceptors (Lipinski definition) is 3. The van der Waals surface area contributed by atoms with Crippen molar-refractivity contribution >= 4 is 34.7 Å². The first-order valence-electron chi connectivity index (χ1n) is 6.35. The molecule has 104 valence electrons. The largest absolute Gasteiger partial charge is 0.368 e. The van der Waals surface area contributed by atoms with Gasteiger partial charge in [-0.2, -0.15) is 5.10 Å². The maximum Gasteiger partial charge on any atom is 0.133 e. The fraction of sp³-hybridized carbons (Fsp3) is 0.286. The predicted octanol–water partition coefficient (Wildman–Crippen LogP) is 3.30. The number of nitrogens with zero attached hydrogens (tertiary/aromatic N) is 3. The van der Waals surface area contributed by atoms with E-state index in [1.165, 1.54) is 0 Å². The minimum Gasteiger partial charge on any atom is -0.368 e. The van der Waals surface area contributed by atoms with Crippen LogP contribution in [0.3, 0.4) is 0 Å². The van der Waals surface area contributed by atoms with Crippen LogP contribution in [0.15, 0.2) is 23.2 Å². The molecule has 0 aliphatic carbocycles. The van der Waals surface area contributed by atoms with Gasteiger partial charge in [-0.1, -0.05) is 29.3 Å². The molecule has 0 saturated carbocycles. The molecule has 2 heterocycles. The molecule has 1 aliphatic rings. The van der Waals surface area contributed by atoms with Crippen LogP contribution in [0.4, 0.5) is 5.82 Å². The Bertz CT molecular complexity index is 703. The van der Waals surface area contributed by atoms with Gasteiger partial charge in [0.1, 0.15) is 5.82 Å². The Hall–Kier alpha value is -1.52. The van der Waals surface area contributed by atoms with Crippen LogP contribution >= 0.6 is 23.2 Å². The fourth-order valence-electron chi connectivity index (χ4n) is 2.44. The van der Waals surface area contributed by atoms with Crippen LogP contribution in [0, 0.1) is 6.92 Å². The zero-order chi connectivity index (χ0) is 14.3. The number of halogens is 2. The second-order valence-electron chi connectivity index (χ2n) is 4.72. The van der Waals surface area contributed by atoms with Crippen molar-refractivity contribution in [2.24, 2.45) is 12.0 Å². The van der Waals surface area contributed by atoms with E-state index in [1.54, 1.807) is 6.07 Å². The molecule has 6 heteroatoms. The number of fused-ring (bicyclic) bond motifs is 1. The molecule has 1 aliphatic heterocycles. The van der Waals surface area contributed by atoms with Crippen LogP contribution in [-0.4, -0.2) is 28.6 Å². The lowest BCUT2D eigenvalue weighted by atomic mass is 10.0. The Morgan fingerprint density at radius 3 is 2.80 bits per heavy atom. The SMILES string of the molecule is Cc1nn(C)c2c1C(c1ccc(Cl)c(Cl)c1)=NCCN2. The predicted molar refractivity (Wildman–Crippen MR) is 83.4 cm³/mol. The van der Waals surface area contributed by atoms with Crippen molar-refractivity contribution in [1.82, 2.24) is 9.78 Å². The Kier molecular flexibility index (Phi) is 3.44. The van der Waals surface area contributed by atoms with Crippen LogP contribution in [-0.2, 0) is 7.05 Å².